The van der Waals surface area contributed by atoms with E-state index in [9.17, 15) is 32.7 Å². The van der Waals surface area contributed by atoms with Gasteiger partial charge in [-0.25, -0.2) is 9.59 Å². The quantitative estimate of drug-likeness (QED) is 0.0982. The van der Waals surface area contributed by atoms with Crippen molar-refractivity contribution in [1.29, 1.82) is 0 Å². The van der Waals surface area contributed by atoms with Gasteiger partial charge in [-0.05, 0) is 37.1 Å². The third kappa shape index (κ3) is 17.5. The lowest BCUT2D eigenvalue weighted by Crippen LogP contribution is -2.28. The fraction of sp³-hybridized carbons (Fsp3) is 0.667. The summed E-state index contributed by atoms with van der Waals surface area (Å²) in [4.78, 5) is 34.0. The molecule has 0 bridgehead atoms. The SMILES string of the molecule is O=C(O)CC(O)C(=O)OC(=O)c1ccc(NCCCCCCCCCCCCCCCC(F)(F)F)cc1. The fourth-order valence-electron chi connectivity index (χ4n) is 3.82. The molecule has 0 aliphatic heterocycles. The number of nitrogens with one attached hydrogen (secondary N) is 1. The molecule has 210 valence electrons. The van der Waals surface area contributed by atoms with Gasteiger partial charge in [-0.15, -0.1) is 0 Å². The number of unbranched alkanes of at least 4 members (excludes halogenated alkanes) is 12. The van der Waals surface area contributed by atoms with E-state index in [1.807, 2.05) is 0 Å². The van der Waals surface area contributed by atoms with Crippen LogP contribution < -0.4 is 5.32 Å². The number of aliphatic hydroxyl groups excluding tert-OH is 1. The molecule has 1 atom stereocenters. The summed E-state index contributed by atoms with van der Waals surface area (Å²) in [6.45, 7) is 0.784. The number of esters is 2. The lowest BCUT2D eigenvalue weighted by molar-refractivity contribution is -0.153. The van der Waals surface area contributed by atoms with E-state index in [1.54, 1.807) is 12.1 Å². The Bertz CT molecular complexity index is 798. The number of carboxylic acids is 1. The van der Waals surface area contributed by atoms with Crippen LogP contribution in [-0.2, 0) is 14.3 Å². The van der Waals surface area contributed by atoms with Gasteiger partial charge in [-0.1, -0.05) is 70.6 Å². The van der Waals surface area contributed by atoms with E-state index in [4.69, 9.17) is 5.11 Å². The summed E-state index contributed by atoms with van der Waals surface area (Å²) in [5, 5.41) is 21.2. The number of rotatable bonds is 20. The number of alkyl halides is 3. The number of halogens is 3. The van der Waals surface area contributed by atoms with Crippen molar-refractivity contribution in [3.8, 4) is 0 Å². The van der Waals surface area contributed by atoms with E-state index in [2.05, 4.69) is 10.1 Å². The largest absolute Gasteiger partial charge is 0.481 e. The first-order valence-electron chi connectivity index (χ1n) is 13.1. The third-order valence-electron chi connectivity index (χ3n) is 5.92. The zero-order valence-corrected chi connectivity index (χ0v) is 21.4. The van der Waals surface area contributed by atoms with E-state index < -0.39 is 43.0 Å². The van der Waals surface area contributed by atoms with Crippen LogP contribution in [0.15, 0.2) is 24.3 Å². The van der Waals surface area contributed by atoms with Crippen molar-refractivity contribution in [1.82, 2.24) is 0 Å². The maximum atomic E-state index is 12.1. The van der Waals surface area contributed by atoms with Crippen LogP contribution in [-0.4, -0.2) is 46.9 Å². The van der Waals surface area contributed by atoms with Gasteiger partial charge in [0.05, 0.1) is 12.0 Å². The average Bonchev–Trinajstić information content (AvgIpc) is 2.83. The van der Waals surface area contributed by atoms with Crippen LogP contribution in [0.4, 0.5) is 18.9 Å². The van der Waals surface area contributed by atoms with Crippen LogP contribution in [0.5, 0.6) is 0 Å². The van der Waals surface area contributed by atoms with E-state index in [1.165, 1.54) is 37.8 Å². The summed E-state index contributed by atoms with van der Waals surface area (Å²) in [5.74, 6) is -3.64. The number of hydrogen-bond donors (Lipinski definition) is 3. The van der Waals surface area contributed by atoms with Crippen molar-refractivity contribution >= 4 is 23.6 Å². The van der Waals surface area contributed by atoms with Gasteiger partial charge in [0.15, 0.2) is 6.10 Å². The summed E-state index contributed by atoms with van der Waals surface area (Å²) in [6.07, 6.45) is 5.72. The lowest BCUT2D eigenvalue weighted by Gasteiger charge is -2.09. The Balaban J connectivity index is 2.00. The van der Waals surface area contributed by atoms with Crippen molar-refractivity contribution < 1.29 is 42.5 Å². The van der Waals surface area contributed by atoms with Crippen molar-refractivity contribution in [3.63, 3.8) is 0 Å². The molecule has 0 aliphatic carbocycles. The van der Waals surface area contributed by atoms with Gasteiger partial charge in [0, 0.05) is 18.7 Å². The standard InChI is InChI=1S/C27H40F3NO6/c28-27(29,30)18-12-10-8-6-4-2-1-3-5-7-9-11-13-19-31-22-16-14-21(15-17-22)25(35)37-26(36)23(32)20-24(33)34/h14-17,23,31-32H,1-13,18-20H2,(H,33,34). The Morgan fingerprint density at radius 2 is 1.24 bits per heavy atom. The van der Waals surface area contributed by atoms with E-state index in [0.29, 0.717) is 6.42 Å². The van der Waals surface area contributed by atoms with Crippen LogP contribution in [0, 0.1) is 0 Å². The maximum Gasteiger partial charge on any atom is 0.389 e. The van der Waals surface area contributed by atoms with E-state index in [-0.39, 0.29) is 12.0 Å². The number of carbonyl (C=O) groups is 3. The number of aliphatic hydroxyl groups is 1. The number of hydrogen-bond acceptors (Lipinski definition) is 6. The minimum Gasteiger partial charge on any atom is -0.481 e. The van der Waals surface area contributed by atoms with Crippen molar-refractivity contribution in [3.05, 3.63) is 29.8 Å². The number of carbonyl (C=O) groups excluding carboxylic acids is 2. The van der Waals surface area contributed by atoms with Crippen molar-refractivity contribution in [2.45, 2.75) is 109 Å². The minimum atomic E-state index is -4.02. The van der Waals surface area contributed by atoms with Crippen LogP contribution in [0.25, 0.3) is 0 Å². The first-order valence-corrected chi connectivity index (χ1v) is 13.1. The van der Waals surface area contributed by atoms with Gasteiger partial charge < -0.3 is 20.3 Å². The smallest absolute Gasteiger partial charge is 0.389 e. The highest BCUT2D eigenvalue weighted by atomic mass is 19.4. The Morgan fingerprint density at radius 3 is 1.70 bits per heavy atom. The van der Waals surface area contributed by atoms with E-state index in [0.717, 1.165) is 57.2 Å². The molecule has 0 spiro atoms. The highest BCUT2D eigenvalue weighted by Crippen LogP contribution is 2.23. The highest BCUT2D eigenvalue weighted by Gasteiger charge is 2.25. The first kappa shape index (κ1) is 32.4. The van der Waals surface area contributed by atoms with Crippen LogP contribution in [0.2, 0.25) is 0 Å². The second kappa shape index (κ2) is 18.6. The van der Waals surface area contributed by atoms with Crippen LogP contribution >= 0.6 is 0 Å². The second-order valence-corrected chi connectivity index (χ2v) is 9.29. The topological polar surface area (TPSA) is 113 Å². The second-order valence-electron chi connectivity index (χ2n) is 9.29. The molecule has 0 saturated carbocycles. The Kier molecular flexibility index (Phi) is 16.3. The Labute approximate surface area is 216 Å². The molecule has 0 radical (unpaired) electrons. The number of anilines is 1. The molecule has 0 saturated heterocycles. The van der Waals surface area contributed by atoms with Gasteiger partial charge in [0.25, 0.3) is 0 Å². The monoisotopic (exact) mass is 531 g/mol. The van der Waals surface area contributed by atoms with E-state index >= 15 is 0 Å². The van der Waals surface area contributed by atoms with Crippen LogP contribution in [0.1, 0.15) is 107 Å². The number of aliphatic carboxylic acids is 1. The number of ether oxygens (including phenoxy) is 1. The predicted octanol–water partition coefficient (Wildman–Crippen LogP) is 6.64. The summed E-state index contributed by atoms with van der Waals surface area (Å²) in [7, 11) is 0. The zero-order valence-electron chi connectivity index (χ0n) is 21.4. The highest BCUT2D eigenvalue weighted by molar-refractivity contribution is 5.98. The molecule has 1 unspecified atom stereocenters. The summed E-state index contributed by atoms with van der Waals surface area (Å²) < 4.78 is 40.7. The number of benzene rings is 1. The molecule has 1 rings (SSSR count). The Morgan fingerprint density at radius 1 is 0.784 bits per heavy atom. The van der Waals surface area contributed by atoms with Gasteiger partial charge in [0.2, 0.25) is 0 Å². The molecule has 1 aromatic rings. The molecule has 10 heteroatoms. The number of carboxylic acid groups (broad SMARTS) is 1. The zero-order chi connectivity index (χ0) is 27.5. The molecule has 7 nitrogen and oxygen atoms in total. The molecule has 0 aliphatic rings. The maximum absolute atomic E-state index is 12.1. The van der Waals surface area contributed by atoms with Gasteiger partial charge in [-0.3, -0.25) is 4.79 Å². The molecule has 0 aromatic heterocycles. The average molecular weight is 532 g/mol. The molecule has 37 heavy (non-hydrogen) atoms. The van der Waals surface area contributed by atoms with Gasteiger partial charge in [-0.2, -0.15) is 13.2 Å². The predicted molar refractivity (Wildman–Crippen MR) is 134 cm³/mol. The molecular weight excluding hydrogens is 491 g/mol. The molecule has 1 aromatic carbocycles. The molecule has 0 heterocycles. The lowest BCUT2D eigenvalue weighted by atomic mass is 10.0. The molecule has 3 N–H and O–H groups in total. The van der Waals surface area contributed by atoms with Gasteiger partial charge in [0.1, 0.15) is 0 Å². The normalized spacial score (nSPS) is 12.2. The van der Waals surface area contributed by atoms with Crippen molar-refractivity contribution in [2.24, 2.45) is 0 Å². The fourth-order valence-corrected chi connectivity index (χ4v) is 3.82. The van der Waals surface area contributed by atoms with Crippen LogP contribution in [0.3, 0.4) is 0 Å². The molecule has 0 amide bonds. The molecular formula is C27H40F3NO6. The Hall–Kier alpha value is -2.62. The minimum absolute atomic E-state index is 0.113. The molecule has 0 fully saturated rings. The summed E-state index contributed by atoms with van der Waals surface area (Å²) in [6, 6.07) is 6.32. The third-order valence-corrected chi connectivity index (χ3v) is 5.92. The van der Waals surface area contributed by atoms with Gasteiger partial charge >= 0.3 is 24.1 Å². The summed E-state index contributed by atoms with van der Waals surface area (Å²) in [5.41, 5.74) is 0.927. The van der Waals surface area contributed by atoms with Crippen molar-refractivity contribution in [2.75, 3.05) is 11.9 Å². The summed E-state index contributed by atoms with van der Waals surface area (Å²) >= 11 is 0. The first-order chi connectivity index (χ1) is 17.6.